The molecule has 6 heteroatoms. The van der Waals surface area contributed by atoms with Gasteiger partial charge in [0.1, 0.15) is 0 Å². The fourth-order valence-electron chi connectivity index (χ4n) is 1.26. The van der Waals surface area contributed by atoms with E-state index in [2.05, 4.69) is 0 Å². The van der Waals surface area contributed by atoms with E-state index in [1.54, 1.807) is 27.7 Å². The van der Waals surface area contributed by atoms with Crippen molar-refractivity contribution in [2.24, 2.45) is 0 Å². The van der Waals surface area contributed by atoms with Crippen molar-refractivity contribution in [3.05, 3.63) is 11.5 Å². The van der Waals surface area contributed by atoms with E-state index in [0.29, 0.717) is 0 Å². The van der Waals surface area contributed by atoms with Crippen LogP contribution in [0.25, 0.3) is 0 Å². The molecule has 0 bridgehead atoms. The Morgan fingerprint density at radius 1 is 1.06 bits per heavy atom. The molecule has 0 amide bonds. The summed E-state index contributed by atoms with van der Waals surface area (Å²) in [5.41, 5.74) is -1.92. The molecule has 0 aromatic rings. The predicted octanol–water partition coefficient (Wildman–Crippen LogP) is 3.13. The number of hydrogen-bond acceptors (Lipinski definition) is 2. The van der Waals surface area contributed by atoms with E-state index >= 15 is 0 Å². The Bertz CT molecular complexity index is 292. The molecule has 16 heavy (non-hydrogen) atoms. The van der Waals surface area contributed by atoms with Gasteiger partial charge in [0.2, 0.25) is 0 Å². The molecule has 92 valence electrons. The second-order valence-electron chi connectivity index (χ2n) is 4.97. The molecule has 0 spiro atoms. The molecule has 1 heterocycles. The summed E-state index contributed by atoms with van der Waals surface area (Å²) in [4.78, 5) is 0. The van der Waals surface area contributed by atoms with Gasteiger partial charge in [0, 0.05) is 5.57 Å². The third-order valence-corrected chi connectivity index (χ3v) is 3.10. The first-order valence-electron chi connectivity index (χ1n) is 5.07. The van der Waals surface area contributed by atoms with Crippen LogP contribution in [0, 0.1) is 0 Å². The molecule has 0 unspecified atom stereocenters. The van der Waals surface area contributed by atoms with Gasteiger partial charge in [-0.25, -0.2) is 0 Å². The minimum absolute atomic E-state index is 0.611. The van der Waals surface area contributed by atoms with Gasteiger partial charge < -0.3 is 9.31 Å². The van der Waals surface area contributed by atoms with Crippen molar-refractivity contribution in [3.8, 4) is 0 Å². The maximum atomic E-state index is 12.3. The van der Waals surface area contributed by atoms with E-state index in [4.69, 9.17) is 9.31 Å². The molecule has 0 atom stereocenters. The maximum Gasteiger partial charge on any atom is 0.487 e. The molecular formula is C10H16BF3O2. The molecule has 2 nitrogen and oxygen atoms in total. The monoisotopic (exact) mass is 236 g/mol. The van der Waals surface area contributed by atoms with Gasteiger partial charge >= 0.3 is 13.3 Å². The van der Waals surface area contributed by atoms with E-state index in [1.807, 2.05) is 0 Å². The maximum absolute atomic E-state index is 12.3. The number of alkyl halides is 3. The molecule has 1 aliphatic heterocycles. The summed E-state index contributed by atoms with van der Waals surface area (Å²) in [5, 5.41) is 0. The summed E-state index contributed by atoms with van der Waals surface area (Å²) in [6, 6.07) is 0. The van der Waals surface area contributed by atoms with Crippen molar-refractivity contribution >= 4 is 7.12 Å². The molecule has 0 N–H and O–H groups in total. The Kier molecular flexibility index (Phi) is 3.20. The van der Waals surface area contributed by atoms with E-state index in [1.165, 1.54) is 0 Å². The van der Waals surface area contributed by atoms with Crippen molar-refractivity contribution < 1.29 is 22.5 Å². The molecule has 1 saturated heterocycles. The highest BCUT2D eigenvalue weighted by atomic mass is 19.4. The Balaban J connectivity index is 2.82. The zero-order chi connectivity index (χ0) is 12.8. The van der Waals surface area contributed by atoms with E-state index < -0.39 is 30.1 Å². The van der Waals surface area contributed by atoms with Gasteiger partial charge in [0.05, 0.1) is 11.2 Å². The van der Waals surface area contributed by atoms with E-state index in [0.717, 1.165) is 12.9 Å². The van der Waals surface area contributed by atoms with Crippen LogP contribution >= 0.6 is 0 Å². The standard InChI is InChI=1S/C10H16BF3O2/c1-7(10(12,13)14)6-11-15-8(2,3)9(4,5)16-11/h6H,1-5H3/b7-6+. The lowest BCUT2D eigenvalue weighted by Crippen LogP contribution is -2.41. The van der Waals surface area contributed by atoms with Crippen LogP contribution in [0.5, 0.6) is 0 Å². The molecule has 0 aromatic carbocycles. The first kappa shape index (κ1) is 13.6. The van der Waals surface area contributed by atoms with Crippen LogP contribution < -0.4 is 0 Å². The average molecular weight is 236 g/mol. The first-order chi connectivity index (χ1) is 6.96. The smallest absolute Gasteiger partial charge is 0.400 e. The molecule has 1 aliphatic rings. The lowest BCUT2D eigenvalue weighted by Gasteiger charge is -2.32. The van der Waals surface area contributed by atoms with Crippen LogP contribution in [0.15, 0.2) is 11.5 Å². The number of allylic oxidation sites excluding steroid dienone is 1. The Hall–Kier alpha value is -0.485. The van der Waals surface area contributed by atoms with Crippen molar-refractivity contribution in [2.45, 2.75) is 52.0 Å². The predicted molar refractivity (Wildman–Crippen MR) is 55.9 cm³/mol. The molecule has 1 fully saturated rings. The van der Waals surface area contributed by atoms with E-state index in [9.17, 15) is 13.2 Å². The highest BCUT2D eigenvalue weighted by Crippen LogP contribution is 2.38. The molecule has 0 saturated carbocycles. The topological polar surface area (TPSA) is 18.5 Å². The molecule has 0 aliphatic carbocycles. The largest absolute Gasteiger partial charge is 0.487 e. The third kappa shape index (κ3) is 2.60. The molecule has 1 rings (SSSR count). The third-order valence-electron chi connectivity index (χ3n) is 3.10. The van der Waals surface area contributed by atoms with Gasteiger partial charge in [-0.1, -0.05) is 0 Å². The Morgan fingerprint density at radius 2 is 1.44 bits per heavy atom. The van der Waals surface area contributed by atoms with Crippen LogP contribution in [-0.4, -0.2) is 24.5 Å². The zero-order valence-electron chi connectivity index (χ0n) is 10.1. The molecule has 0 radical (unpaired) electrons. The average Bonchev–Trinajstić information content (AvgIpc) is 2.17. The van der Waals surface area contributed by atoms with Crippen LogP contribution in [0.2, 0.25) is 0 Å². The van der Waals surface area contributed by atoms with Gasteiger partial charge in [-0.3, -0.25) is 0 Å². The second-order valence-corrected chi connectivity index (χ2v) is 4.97. The summed E-state index contributed by atoms with van der Waals surface area (Å²) < 4.78 is 47.8. The fraction of sp³-hybridized carbons (Fsp3) is 0.800. The SMILES string of the molecule is C/C(=C\B1OC(C)(C)C(C)(C)O1)C(F)(F)F. The minimum Gasteiger partial charge on any atom is -0.400 e. The summed E-state index contributed by atoms with van der Waals surface area (Å²) >= 11 is 0. The van der Waals surface area contributed by atoms with Crippen LogP contribution in [0.1, 0.15) is 34.6 Å². The zero-order valence-corrected chi connectivity index (χ0v) is 10.1. The highest BCUT2D eigenvalue weighted by Gasteiger charge is 2.50. The summed E-state index contributed by atoms with van der Waals surface area (Å²) in [7, 11) is -0.938. The van der Waals surface area contributed by atoms with Gasteiger partial charge in [-0.15, -0.1) is 0 Å². The molecular weight excluding hydrogens is 220 g/mol. The van der Waals surface area contributed by atoms with Crippen LogP contribution in [0.3, 0.4) is 0 Å². The fourth-order valence-corrected chi connectivity index (χ4v) is 1.26. The van der Waals surface area contributed by atoms with Crippen molar-refractivity contribution in [3.63, 3.8) is 0 Å². The van der Waals surface area contributed by atoms with Crippen molar-refractivity contribution in [1.82, 2.24) is 0 Å². The van der Waals surface area contributed by atoms with E-state index in [-0.39, 0.29) is 0 Å². The number of rotatable bonds is 1. The van der Waals surface area contributed by atoms with Gasteiger partial charge in [0.25, 0.3) is 0 Å². The minimum atomic E-state index is -4.33. The normalized spacial score (nSPS) is 25.0. The lowest BCUT2D eigenvalue weighted by atomic mass is 9.87. The quantitative estimate of drug-likeness (QED) is 0.651. The van der Waals surface area contributed by atoms with Crippen molar-refractivity contribution in [1.29, 1.82) is 0 Å². The van der Waals surface area contributed by atoms with Gasteiger partial charge in [-0.05, 0) is 40.6 Å². The summed E-state index contributed by atoms with van der Waals surface area (Å²) in [6.45, 7) is 8.19. The Morgan fingerprint density at radius 3 is 1.75 bits per heavy atom. The van der Waals surface area contributed by atoms with Gasteiger partial charge in [0.15, 0.2) is 0 Å². The highest BCUT2D eigenvalue weighted by molar-refractivity contribution is 6.51. The van der Waals surface area contributed by atoms with Gasteiger partial charge in [-0.2, -0.15) is 13.2 Å². The summed E-state index contributed by atoms with van der Waals surface area (Å²) in [5.74, 6) is 0.969. The second kappa shape index (κ2) is 3.77. The first-order valence-corrected chi connectivity index (χ1v) is 5.07. The Labute approximate surface area is 93.9 Å². The lowest BCUT2D eigenvalue weighted by molar-refractivity contribution is -0.0913. The number of hydrogen-bond donors (Lipinski definition) is 0. The van der Waals surface area contributed by atoms with Crippen LogP contribution in [-0.2, 0) is 9.31 Å². The number of halogens is 3. The van der Waals surface area contributed by atoms with Crippen molar-refractivity contribution in [2.75, 3.05) is 0 Å². The summed E-state index contributed by atoms with van der Waals surface area (Å²) in [6.07, 6.45) is -4.33. The molecule has 0 aromatic heterocycles. The van der Waals surface area contributed by atoms with Crippen LogP contribution in [0.4, 0.5) is 13.2 Å².